The fraction of sp³-hybridized carbons (Fsp3) is 0.273. The zero-order valence-electron chi connectivity index (χ0n) is 9.62. The predicted molar refractivity (Wildman–Crippen MR) is 74.2 cm³/mol. The van der Waals surface area contributed by atoms with Gasteiger partial charge in [-0.1, -0.05) is 11.2 Å². The highest BCUT2D eigenvalue weighted by Crippen LogP contribution is 2.20. The highest BCUT2D eigenvalue weighted by molar-refractivity contribution is 14.1. The van der Waals surface area contributed by atoms with Crippen molar-refractivity contribution in [3.8, 4) is 0 Å². The van der Waals surface area contributed by atoms with E-state index < -0.39 is 0 Å². The number of hydrogen-bond acceptors (Lipinski definition) is 5. The van der Waals surface area contributed by atoms with Gasteiger partial charge in [0, 0.05) is 9.26 Å². The highest BCUT2D eigenvalue weighted by Gasteiger charge is 2.05. The summed E-state index contributed by atoms with van der Waals surface area (Å²) in [5.74, 6) is 0.566. The Labute approximate surface area is 113 Å². The van der Waals surface area contributed by atoms with Crippen LogP contribution in [-0.2, 0) is 6.54 Å². The van der Waals surface area contributed by atoms with Crippen LogP contribution in [0.5, 0.6) is 0 Å². The molecule has 6 heteroatoms. The van der Waals surface area contributed by atoms with E-state index in [0.717, 1.165) is 5.69 Å². The molecule has 0 fully saturated rings. The van der Waals surface area contributed by atoms with Crippen LogP contribution in [0, 0.1) is 10.5 Å². The summed E-state index contributed by atoms with van der Waals surface area (Å²) in [6, 6.07) is 6.49. The maximum absolute atomic E-state index is 5.40. The molecule has 0 aliphatic rings. The van der Waals surface area contributed by atoms with Crippen LogP contribution >= 0.6 is 22.6 Å². The second-order valence-electron chi connectivity index (χ2n) is 3.62. The molecule has 0 unspecified atom stereocenters. The van der Waals surface area contributed by atoms with Gasteiger partial charge in [-0.15, -0.1) is 5.10 Å². The molecule has 0 radical (unpaired) electrons. The molecule has 1 heterocycles. The van der Waals surface area contributed by atoms with Gasteiger partial charge in [0.05, 0.1) is 6.54 Å². The van der Waals surface area contributed by atoms with Crippen molar-refractivity contribution in [3.05, 3.63) is 33.2 Å². The summed E-state index contributed by atoms with van der Waals surface area (Å²) in [6.07, 6.45) is 0. The van der Waals surface area contributed by atoms with Gasteiger partial charge in [-0.3, -0.25) is 0 Å². The van der Waals surface area contributed by atoms with Crippen LogP contribution in [0.4, 0.5) is 11.7 Å². The predicted octanol–water partition coefficient (Wildman–Crippen LogP) is 2.45. The standard InChI is InChI=1S/C11H13IN4O/c1-7-3-4-8(5-9(7)12)14-11-16-15-10(17-11)6-13-2/h3-5,13H,6H2,1-2H3,(H,14,16). The van der Waals surface area contributed by atoms with Crippen LogP contribution in [0.25, 0.3) is 0 Å². The first-order chi connectivity index (χ1) is 8.19. The van der Waals surface area contributed by atoms with Crippen molar-refractivity contribution in [1.29, 1.82) is 0 Å². The molecule has 5 nitrogen and oxygen atoms in total. The maximum Gasteiger partial charge on any atom is 0.320 e. The number of rotatable bonds is 4. The molecule has 0 amide bonds. The number of hydrogen-bond donors (Lipinski definition) is 2. The molecule has 0 bridgehead atoms. The van der Waals surface area contributed by atoms with Crippen LogP contribution in [0.1, 0.15) is 11.5 Å². The fourth-order valence-electron chi connectivity index (χ4n) is 1.32. The number of nitrogens with zero attached hydrogens (tertiary/aromatic N) is 2. The molecular formula is C11H13IN4O. The van der Waals surface area contributed by atoms with Crippen molar-refractivity contribution < 1.29 is 4.42 Å². The summed E-state index contributed by atoms with van der Waals surface area (Å²) in [7, 11) is 1.83. The monoisotopic (exact) mass is 344 g/mol. The van der Waals surface area contributed by atoms with Gasteiger partial charge in [-0.05, 0) is 54.3 Å². The number of aromatic nitrogens is 2. The molecule has 0 aliphatic carbocycles. The summed E-state index contributed by atoms with van der Waals surface area (Å²) in [5.41, 5.74) is 2.19. The first-order valence-electron chi connectivity index (χ1n) is 5.19. The molecule has 17 heavy (non-hydrogen) atoms. The third kappa shape index (κ3) is 3.16. The Morgan fingerprint density at radius 2 is 2.18 bits per heavy atom. The van der Waals surface area contributed by atoms with E-state index in [-0.39, 0.29) is 0 Å². The lowest BCUT2D eigenvalue weighted by molar-refractivity contribution is 0.493. The Morgan fingerprint density at radius 1 is 1.35 bits per heavy atom. The molecule has 2 aromatic rings. The third-order valence-electron chi connectivity index (χ3n) is 2.22. The molecule has 90 valence electrons. The summed E-state index contributed by atoms with van der Waals surface area (Å²) < 4.78 is 6.60. The minimum Gasteiger partial charge on any atom is -0.406 e. The smallest absolute Gasteiger partial charge is 0.320 e. The van der Waals surface area contributed by atoms with Gasteiger partial charge in [0.2, 0.25) is 5.89 Å². The number of anilines is 2. The number of halogens is 1. The minimum atomic E-state index is 0.412. The first kappa shape index (κ1) is 12.3. The number of nitrogens with one attached hydrogen (secondary N) is 2. The van der Waals surface area contributed by atoms with Crippen molar-refractivity contribution >= 4 is 34.3 Å². The van der Waals surface area contributed by atoms with E-state index in [4.69, 9.17) is 4.42 Å². The van der Waals surface area contributed by atoms with Crippen molar-refractivity contribution in [2.75, 3.05) is 12.4 Å². The van der Waals surface area contributed by atoms with Crippen LogP contribution in [-0.4, -0.2) is 17.2 Å². The third-order valence-corrected chi connectivity index (χ3v) is 3.38. The van der Waals surface area contributed by atoms with Gasteiger partial charge < -0.3 is 15.1 Å². The SMILES string of the molecule is CNCc1nnc(Nc2ccc(C)c(I)c2)o1. The molecule has 0 saturated heterocycles. The fourth-order valence-corrected chi connectivity index (χ4v) is 1.84. The van der Waals surface area contributed by atoms with E-state index in [1.807, 2.05) is 19.2 Å². The van der Waals surface area contributed by atoms with E-state index in [9.17, 15) is 0 Å². The summed E-state index contributed by atoms with van der Waals surface area (Å²) in [4.78, 5) is 0. The average molecular weight is 344 g/mol. The van der Waals surface area contributed by atoms with Crippen molar-refractivity contribution in [2.24, 2.45) is 0 Å². The molecule has 0 spiro atoms. The van der Waals surface area contributed by atoms with Gasteiger partial charge in [-0.25, -0.2) is 0 Å². The van der Waals surface area contributed by atoms with Crippen molar-refractivity contribution in [3.63, 3.8) is 0 Å². The van der Waals surface area contributed by atoms with Crippen LogP contribution in [0.3, 0.4) is 0 Å². The minimum absolute atomic E-state index is 0.412. The van der Waals surface area contributed by atoms with Crippen LogP contribution in [0.15, 0.2) is 22.6 Å². The molecule has 0 saturated carbocycles. The second kappa shape index (κ2) is 5.46. The summed E-state index contributed by atoms with van der Waals surface area (Å²) in [5, 5.41) is 13.8. The molecule has 1 aromatic carbocycles. The lowest BCUT2D eigenvalue weighted by Gasteiger charge is -2.03. The first-order valence-corrected chi connectivity index (χ1v) is 6.27. The molecular weight excluding hydrogens is 331 g/mol. The van der Waals surface area contributed by atoms with E-state index in [1.54, 1.807) is 0 Å². The Hall–Kier alpha value is -1.15. The Morgan fingerprint density at radius 3 is 2.88 bits per heavy atom. The lowest BCUT2D eigenvalue weighted by Crippen LogP contribution is -2.04. The van der Waals surface area contributed by atoms with E-state index >= 15 is 0 Å². The highest BCUT2D eigenvalue weighted by atomic mass is 127. The largest absolute Gasteiger partial charge is 0.406 e. The zero-order chi connectivity index (χ0) is 12.3. The van der Waals surface area contributed by atoms with Gasteiger partial charge in [0.15, 0.2) is 0 Å². The molecule has 1 aromatic heterocycles. The normalized spacial score (nSPS) is 10.5. The Kier molecular flexibility index (Phi) is 3.95. The summed E-state index contributed by atoms with van der Waals surface area (Å²) >= 11 is 2.29. The van der Waals surface area contributed by atoms with Crippen molar-refractivity contribution in [1.82, 2.24) is 15.5 Å². The van der Waals surface area contributed by atoms with E-state index in [2.05, 4.69) is 56.4 Å². The van der Waals surface area contributed by atoms with Gasteiger partial charge >= 0.3 is 6.01 Å². The van der Waals surface area contributed by atoms with E-state index in [0.29, 0.717) is 18.5 Å². The average Bonchev–Trinajstić information content (AvgIpc) is 2.72. The maximum atomic E-state index is 5.40. The van der Waals surface area contributed by atoms with Gasteiger partial charge in [0.25, 0.3) is 0 Å². The van der Waals surface area contributed by atoms with Crippen LogP contribution < -0.4 is 10.6 Å². The number of aryl methyl sites for hydroxylation is 1. The number of benzene rings is 1. The zero-order valence-corrected chi connectivity index (χ0v) is 11.8. The van der Waals surface area contributed by atoms with Crippen LogP contribution in [0.2, 0.25) is 0 Å². The van der Waals surface area contributed by atoms with E-state index in [1.165, 1.54) is 9.13 Å². The molecule has 2 rings (SSSR count). The molecule has 0 aliphatic heterocycles. The second-order valence-corrected chi connectivity index (χ2v) is 4.78. The summed E-state index contributed by atoms with van der Waals surface area (Å²) in [6.45, 7) is 2.64. The Balaban J connectivity index is 2.11. The topological polar surface area (TPSA) is 63.0 Å². The van der Waals surface area contributed by atoms with Crippen molar-refractivity contribution in [2.45, 2.75) is 13.5 Å². The Bertz CT molecular complexity index is 512. The molecule has 2 N–H and O–H groups in total. The quantitative estimate of drug-likeness (QED) is 0.835. The van der Waals surface area contributed by atoms with Gasteiger partial charge in [0.1, 0.15) is 0 Å². The van der Waals surface area contributed by atoms with Gasteiger partial charge in [-0.2, -0.15) is 0 Å². The molecule has 0 atom stereocenters. The lowest BCUT2D eigenvalue weighted by atomic mass is 10.2.